The summed E-state index contributed by atoms with van der Waals surface area (Å²) in [5.74, 6) is 0.0567. The van der Waals surface area contributed by atoms with Crippen molar-refractivity contribution in [1.29, 1.82) is 0 Å². The lowest BCUT2D eigenvalue weighted by Gasteiger charge is -2.16. The topological polar surface area (TPSA) is 42.9 Å². The number of Topliss-reactive ketones (excluding diaryl/α,β-unsaturated/α-hetero) is 1. The molecule has 0 saturated heterocycles. The molecule has 0 N–H and O–H groups in total. The molecule has 0 fully saturated rings. The highest BCUT2D eigenvalue weighted by molar-refractivity contribution is 8.00. The molecule has 0 aliphatic heterocycles. The van der Waals surface area contributed by atoms with Crippen LogP contribution in [0.4, 0.5) is 0 Å². The van der Waals surface area contributed by atoms with Crippen LogP contribution in [0.5, 0.6) is 0 Å². The van der Waals surface area contributed by atoms with Gasteiger partial charge in [-0.25, -0.2) is 9.97 Å². The maximum atomic E-state index is 13.2. The van der Waals surface area contributed by atoms with Crippen molar-refractivity contribution in [3.8, 4) is 0 Å². The number of hydrogen-bond acceptors (Lipinski definition) is 4. The highest BCUT2D eigenvalue weighted by Crippen LogP contribution is 2.37. The van der Waals surface area contributed by atoms with Gasteiger partial charge in [-0.2, -0.15) is 0 Å². The van der Waals surface area contributed by atoms with E-state index >= 15 is 0 Å². The molecule has 132 valence electrons. The van der Waals surface area contributed by atoms with Crippen molar-refractivity contribution in [2.24, 2.45) is 0 Å². The number of para-hydroxylation sites is 1. The van der Waals surface area contributed by atoms with Crippen LogP contribution in [0.3, 0.4) is 0 Å². The molecule has 1 aromatic heterocycles. The molecule has 3 aromatic carbocycles. The van der Waals surface area contributed by atoms with E-state index in [4.69, 9.17) is 0 Å². The molecular formula is C23H18N2OS. The largest absolute Gasteiger partial charge is 0.293 e. The van der Waals surface area contributed by atoms with Gasteiger partial charge in [0.15, 0.2) is 10.9 Å². The first-order chi connectivity index (χ1) is 13.2. The van der Waals surface area contributed by atoms with E-state index in [9.17, 15) is 4.79 Å². The maximum Gasteiger partial charge on any atom is 0.189 e. The molecule has 27 heavy (non-hydrogen) atoms. The van der Waals surface area contributed by atoms with Crippen LogP contribution in [0, 0.1) is 6.92 Å². The summed E-state index contributed by atoms with van der Waals surface area (Å²) in [6.45, 7) is 1.98. The second-order valence-corrected chi connectivity index (χ2v) is 7.32. The summed E-state index contributed by atoms with van der Waals surface area (Å²) in [6, 6.07) is 27.1. The van der Waals surface area contributed by atoms with Gasteiger partial charge in [0.2, 0.25) is 0 Å². The third-order valence-electron chi connectivity index (χ3n) is 4.40. The highest BCUT2D eigenvalue weighted by Gasteiger charge is 2.24. The Bertz CT molecular complexity index is 1080. The minimum absolute atomic E-state index is 0.0567. The zero-order chi connectivity index (χ0) is 18.6. The quantitative estimate of drug-likeness (QED) is 0.258. The highest BCUT2D eigenvalue weighted by atomic mass is 32.2. The summed E-state index contributed by atoms with van der Waals surface area (Å²) in [6.07, 6.45) is 0. The predicted octanol–water partition coefficient (Wildman–Crippen LogP) is 5.65. The van der Waals surface area contributed by atoms with Crippen molar-refractivity contribution < 1.29 is 4.79 Å². The van der Waals surface area contributed by atoms with Gasteiger partial charge in [0.25, 0.3) is 0 Å². The summed E-state index contributed by atoms with van der Waals surface area (Å²) in [5.41, 5.74) is 3.45. The Hall–Kier alpha value is -2.98. The Morgan fingerprint density at radius 1 is 0.815 bits per heavy atom. The third kappa shape index (κ3) is 3.76. The van der Waals surface area contributed by atoms with Gasteiger partial charge in [-0.1, -0.05) is 90.6 Å². The van der Waals surface area contributed by atoms with Crippen molar-refractivity contribution in [2.45, 2.75) is 17.3 Å². The lowest BCUT2D eigenvalue weighted by Crippen LogP contribution is -2.10. The SMILES string of the molecule is Cc1nc(S[C@H](C(=O)c2ccccc2)c2ccccc2)nc2ccccc12. The monoisotopic (exact) mass is 370 g/mol. The van der Waals surface area contributed by atoms with Crippen molar-refractivity contribution in [3.63, 3.8) is 0 Å². The van der Waals surface area contributed by atoms with E-state index < -0.39 is 5.25 Å². The lowest BCUT2D eigenvalue weighted by atomic mass is 10.0. The number of aryl methyl sites for hydroxylation is 1. The Balaban J connectivity index is 1.75. The molecule has 4 heteroatoms. The van der Waals surface area contributed by atoms with Gasteiger partial charge >= 0.3 is 0 Å². The molecule has 4 rings (SSSR count). The first kappa shape index (κ1) is 17.4. The summed E-state index contributed by atoms with van der Waals surface area (Å²) >= 11 is 1.40. The number of ketones is 1. The Morgan fingerprint density at radius 3 is 2.19 bits per heavy atom. The summed E-state index contributed by atoms with van der Waals surface area (Å²) in [4.78, 5) is 22.5. The minimum Gasteiger partial charge on any atom is -0.293 e. The van der Waals surface area contributed by atoms with Crippen LogP contribution in [-0.2, 0) is 0 Å². The molecule has 0 amide bonds. The minimum atomic E-state index is -0.394. The number of fused-ring (bicyclic) bond motifs is 1. The molecule has 0 radical (unpaired) electrons. The molecule has 0 unspecified atom stereocenters. The smallest absolute Gasteiger partial charge is 0.189 e. The maximum absolute atomic E-state index is 13.2. The predicted molar refractivity (Wildman–Crippen MR) is 110 cm³/mol. The van der Waals surface area contributed by atoms with Crippen LogP contribution in [0.15, 0.2) is 90.1 Å². The molecule has 0 spiro atoms. The van der Waals surface area contributed by atoms with Gasteiger partial charge in [0, 0.05) is 16.6 Å². The molecule has 0 saturated carbocycles. The van der Waals surface area contributed by atoms with Crippen LogP contribution in [0.2, 0.25) is 0 Å². The summed E-state index contributed by atoms with van der Waals surface area (Å²) < 4.78 is 0. The third-order valence-corrected chi connectivity index (χ3v) is 5.51. The normalized spacial score (nSPS) is 12.0. The number of aromatic nitrogens is 2. The van der Waals surface area contributed by atoms with Crippen molar-refractivity contribution >= 4 is 28.4 Å². The van der Waals surface area contributed by atoms with E-state index in [-0.39, 0.29) is 5.78 Å². The number of carbonyl (C=O) groups is 1. The number of thioether (sulfide) groups is 1. The standard InChI is InChI=1S/C23H18N2OS/c1-16-19-14-8-9-15-20(19)25-23(24-16)27-22(18-12-6-3-7-13-18)21(26)17-10-4-2-5-11-17/h2-15,22H,1H3/t22-/m0/s1. The molecule has 1 heterocycles. The van der Waals surface area contributed by atoms with E-state index in [2.05, 4.69) is 9.97 Å². The zero-order valence-corrected chi connectivity index (χ0v) is 15.7. The Kier molecular flexibility index (Phi) is 4.99. The van der Waals surface area contributed by atoms with Gasteiger partial charge in [0.1, 0.15) is 5.25 Å². The van der Waals surface area contributed by atoms with Crippen molar-refractivity contribution in [1.82, 2.24) is 9.97 Å². The molecule has 4 aromatic rings. The van der Waals surface area contributed by atoms with Gasteiger partial charge < -0.3 is 0 Å². The number of carbonyl (C=O) groups excluding carboxylic acids is 1. The molecule has 0 bridgehead atoms. The zero-order valence-electron chi connectivity index (χ0n) is 14.9. The summed E-state index contributed by atoms with van der Waals surface area (Å²) in [7, 11) is 0. The Labute approximate surface area is 162 Å². The first-order valence-corrected chi connectivity index (χ1v) is 9.64. The van der Waals surface area contributed by atoms with Crippen LogP contribution in [-0.4, -0.2) is 15.8 Å². The van der Waals surface area contributed by atoms with Crippen molar-refractivity contribution in [2.75, 3.05) is 0 Å². The molecule has 0 aliphatic rings. The second kappa shape index (κ2) is 7.72. The van der Waals surface area contributed by atoms with Gasteiger partial charge in [-0.05, 0) is 18.6 Å². The average Bonchev–Trinajstić information content (AvgIpc) is 2.73. The molecule has 3 nitrogen and oxygen atoms in total. The fourth-order valence-electron chi connectivity index (χ4n) is 3.02. The first-order valence-electron chi connectivity index (χ1n) is 8.76. The number of rotatable bonds is 5. The summed E-state index contributed by atoms with van der Waals surface area (Å²) in [5, 5.41) is 1.26. The van der Waals surface area contributed by atoms with E-state index in [1.165, 1.54) is 11.8 Å². The number of hydrogen-bond donors (Lipinski definition) is 0. The van der Waals surface area contributed by atoms with E-state index in [0.29, 0.717) is 10.7 Å². The fourth-order valence-corrected chi connectivity index (χ4v) is 4.11. The van der Waals surface area contributed by atoms with E-state index in [1.807, 2.05) is 91.9 Å². The van der Waals surface area contributed by atoms with Crippen molar-refractivity contribution in [3.05, 3.63) is 102 Å². The number of nitrogens with zero attached hydrogens (tertiary/aromatic N) is 2. The van der Waals surface area contributed by atoms with Gasteiger partial charge in [0.05, 0.1) is 5.52 Å². The molecule has 0 aliphatic carbocycles. The average molecular weight is 370 g/mol. The van der Waals surface area contributed by atoms with Crippen LogP contribution in [0.25, 0.3) is 10.9 Å². The van der Waals surface area contributed by atoms with Gasteiger partial charge in [-0.3, -0.25) is 4.79 Å². The lowest BCUT2D eigenvalue weighted by molar-refractivity contribution is 0.0989. The second-order valence-electron chi connectivity index (χ2n) is 6.25. The van der Waals surface area contributed by atoms with Crippen LogP contribution < -0.4 is 0 Å². The van der Waals surface area contributed by atoms with Gasteiger partial charge in [-0.15, -0.1) is 0 Å². The Morgan fingerprint density at radius 2 is 1.44 bits per heavy atom. The van der Waals surface area contributed by atoms with E-state index in [1.54, 1.807) is 0 Å². The molecule has 1 atom stereocenters. The van der Waals surface area contributed by atoms with Crippen LogP contribution >= 0.6 is 11.8 Å². The van der Waals surface area contributed by atoms with Crippen LogP contribution in [0.1, 0.15) is 26.9 Å². The fraction of sp³-hybridized carbons (Fsp3) is 0.0870. The van der Waals surface area contributed by atoms with E-state index in [0.717, 1.165) is 22.2 Å². The number of benzene rings is 3. The molecular weight excluding hydrogens is 352 g/mol.